The third-order valence-electron chi connectivity index (χ3n) is 5.56. The van der Waals surface area contributed by atoms with Gasteiger partial charge in [-0.15, -0.1) is 0 Å². The minimum atomic E-state index is -3.86. The molecule has 0 aliphatic heterocycles. The summed E-state index contributed by atoms with van der Waals surface area (Å²) in [6.45, 7) is 6.42. The molecule has 0 aliphatic carbocycles. The molecular formula is C25H32FN5O4S. The van der Waals surface area contributed by atoms with E-state index in [1.807, 2.05) is 7.05 Å². The lowest BCUT2D eigenvalue weighted by atomic mass is 9.94. The van der Waals surface area contributed by atoms with Crippen LogP contribution >= 0.6 is 0 Å². The molecule has 1 heterocycles. The Bertz CT molecular complexity index is 1270. The van der Waals surface area contributed by atoms with E-state index in [2.05, 4.69) is 39.3 Å². The molecule has 1 amide bonds. The number of rotatable bonds is 11. The molecule has 11 heteroatoms. The minimum absolute atomic E-state index is 0.0601. The highest BCUT2D eigenvalue weighted by Gasteiger charge is 2.27. The van der Waals surface area contributed by atoms with Gasteiger partial charge in [0.1, 0.15) is 6.67 Å². The smallest absolute Gasteiger partial charge is 0.261 e. The van der Waals surface area contributed by atoms with Crippen molar-refractivity contribution in [2.24, 2.45) is 11.3 Å². The molecule has 0 bridgehead atoms. The number of aromatic nitrogens is 2. The summed E-state index contributed by atoms with van der Waals surface area (Å²) in [5, 5.41) is 9.82. The van der Waals surface area contributed by atoms with Crippen LogP contribution < -0.4 is 15.4 Å². The van der Waals surface area contributed by atoms with Crippen molar-refractivity contribution in [3.63, 3.8) is 0 Å². The predicted molar refractivity (Wildman–Crippen MR) is 137 cm³/mol. The van der Waals surface area contributed by atoms with Crippen molar-refractivity contribution in [3.8, 4) is 11.4 Å². The number of amides is 1. The zero-order valence-corrected chi connectivity index (χ0v) is 21.8. The molecule has 0 saturated heterocycles. The topological polar surface area (TPSA) is 126 Å². The van der Waals surface area contributed by atoms with Gasteiger partial charge in [-0.05, 0) is 81.8 Å². The molecule has 0 spiro atoms. The highest BCUT2D eigenvalue weighted by atomic mass is 32.2. The van der Waals surface area contributed by atoms with Crippen molar-refractivity contribution in [3.05, 3.63) is 54.4 Å². The van der Waals surface area contributed by atoms with E-state index in [-0.39, 0.29) is 10.9 Å². The molecule has 3 aromatic rings. The molecule has 1 atom stereocenters. The normalized spacial score (nSPS) is 13.0. The maximum absolute atomic E-state index is 13.0. The molecule has 0 saturated carbocycles. The van der Waals surface area contributed by atoms with Crippen LogP contribution in [0.1, 0.15) is 46.0 Å². The molecule has 3 N–H and O–H groups in total. The zero-order valence-electron chi connectivity index (χ0n) is 21.0. The van der Waals surface area contributed by atoms with Crippen LogP contribution in [0, 0.1) is 11.3 Å². The largest absolute Gasteiger partial charge is 0.337 e. The first-order valence-corrected chi connectivity index (χ1v) is 13.0. The number of carbonyl (C=O) groups is 1. The number of alkyl halides is 1. The summed E-state index contributed by atoms with van der Waals surface area (Å²) < 4.78 is 46.6. The van der Waals surface area contributed by atoms with Gasteiger partial charge in [-0.2, -0.15) is 4.98 Å². The van der Waals surface area contributed by atoms with Gasteiger partial charge >= 0.3 is 0 Å². The first-order chi connectivity index (χ1) is 16.9. The Morgan fingerprint density at radius 1 is 1.06 bits per heavy atom. The number of benzene rings is 2. The van der Waals surface area contributed by atoms with E-state index >= 15 is 0 Å². The quantitative estimate of drug-likeness (QED) is 0.334. The van der Waals surface area contributed by atoms with Crippen molar-refractivity contribution in [1.29, 1.82) is 0 Å². The Kier molecular flexibility index (Phi) is 8.47. The molecule has 36 heavy (non-hydrogen) atoms. The Morgan fingerprint density at radius 3 is 2.22 bits per heavy atom. The van der Waals surface area contributed by atoms with Crippen molar-refractivity contribution in [1.82, 2.24) is 15.5 Å². The maximum Gasteiger partial charge on any atom is 0.261 e. The maximum atomic E-state index is 13.0. The summed E-state index contributed by atoms with van der Waals surface area (Å²) in [7, 11) is -2.03. The zero-order chi connectivity index (χ0) is 26.5. The van der Waals surface area contributed by atoms with E-state index in [4.69, 9.17) is 4.52 Å². The van der Waals surface area contributed by atoms with E-state index in [9.17, 15) is 17.6 Å². The summed E-state index contributed by atoms with van der Waals surface area (Å²) in [5.74, 6) is 0.832. The van der Waals surface area contributed by atoms with Crippen LogP contribution in [0.15, 0.2) is 57.9 Å². The van der Waals surface area contributed by atoms with Crippen LogP contribution in [0.5, 0.6) is 0 Å². The van der Waals surface area contributed by atoms with Crippen LogP contribution in [0.3, 0.4) is 0 Å². The molecule has 1 aromatic heterocycles. The Labute approximate surface area is 210 Å². The second-order valence-corrected chi connectivity index (χ2v) is 11.3. The number of hydrogen-bond donors (Lipinski definition) is 3. The second-order valence-electron chi connectivity index (χ2n) is 9.61. The van der Waals surface area contributed by atoms with E-state index < -0.39 is 28.0 Å². The summed E-state index contributed by atoms with van der Waals surface area (Å²) in [4.78, 5) is 16.6. The van der Waals surface area contributed by atoms with Crippen molar-refractivity contribution in [2.45, 2.75) is 45.1 Å². The Hall–Kier alpha value is -3.31. The minimum Gasteiger partial charge on any atom is -0.337 e. The van der Waals surface area contributed by atoms with Gasteiger partial charge in [-0.1, -0.05) is 19.0 Å². The predicted octanol–water partition coefficient (Wildman–Crippen LogP) is 4.78. The van der Waals surface area contributed by atoms with Gasteiger partial charge in [-0.3, -0.25) is 9.52 Å². The first kappa shape index (κ1) is 27.3. The molecule has 0 fully saturated rings. The van der Waals surface area contributed by atoms with E-state index in [0.717, 1.165) is 6.42 Å². The SMILES string of the molecule is CNC(CC(C)C)c1nc(-c2ccc(S(=O)(=O)Nc3ccc(NC(=O)C(C)(C)CF)cc3)cc2)no1. The van der Waals surface area contributed by atoms with Crippen LogP contribution in [0.4, 0.5) is 15.8 Å². The molecule has 194 valence electrons. The lowest BCUT2D eigenvalue weighted by Gasteiger charge is -2.19. The van der Waals surface area contributed by atoms with Crippen molar-refractivity contribution >= 4 is 27.3 Å². The number of nitrogens with one attached hydrogen (secondary N) is 3. The number of hydrogen-bond acceptors (Lipinski definition) is 7. The fourth-order valence-electron chi connectivity index (χ4n) is 3.29. The second kappa shape index (κ2) is 11.2. The number of anilines is 2. The Morgan fingerprint density at radius 2 is 1.67 bits per heavy atom. The van der Waals surface area contributed by atoms with E-state index in [1.165, 1.54) is 38.1 Å². The van der Waals surface area contributed by atoms with E-state index in [0.29, 0.717) is 34.6 Å². The lowest BCUT2D eigenvalue weighted by molar-refractivity contribution is -0.124. The number of nitrogens with zero attached hydrogens (tertiary/aromatic N) is 2. The van der Waals surface area contributed by atoms with Gasteiger partial charge in [0.05, 0.1) is 16.4 Å². The summed E-state index contributed by atoms with van der Waals surface area (Å²) in [6, 6.07) is 12.2. The number of sulfonamides is 1. The van der Waals surface area contributed by atoms with E-state index in [1.54, 1.807) is 24.3 Å². The average Bonchev–Trinajstić information content (AvgIpc) is 3.33. The van der Waals surface area contributed by atoms with Gasteiger partial charge in [0, 0.05) is 16.9 Å². The molecule has 3 rings (SSSR count). The Balaban J connectivity index is 1.68. The van der Waals surface area contributed by atoms with Gasteiger partial charge < -0.3 is 15.2 Å². The standard InChI is InChI=1S/C25H32FN5O4S/c1-16(2)14-21(27-5)23-29-22(30-35-23)17-6-12-20(13-7-17)36(33,34)31-19-10-8-18(9-11-19)28-24(32)25(3,4)15-26/h6-13,16,21,27,31H,14-15H2,1-5H3,(H,28,32). The van der Waals surface area contributed by atoms with Gasteiger partial charge in [0.25, 0.3) is 10.0 Å². The molecule has 1 unspecified atom stereocenters. The monoisotopic (exact) mass is 517 g/mol. The highest BCUT2D eigenvalue weighted by molar-refractivity contribution is 7.92. The van der Waals surface area contributed by atoms with Crippen LogP contribution in [-0.2, 0) is 14.8 Å². The number of carbonyl (C=O) groups excluding carboxylic acids is 1. The first-order valence-electron chi connectivity index (χ1n) is 11.6. The number of halogens is 1. The summed E-state index contributed by atoms with van der Waals surface area (Å²) >= 11 is 0. The average molecular weight is 518 g/mol. The molecule has 0 aliphatic rings. The third kappa shape index (κ3) is 6.67. The van der Waals surface area contributed by atoms with Crippen molar-refractivity contribution < 1.29 is 22.1 Å². The fraction of sp³-hybridized carbons (Fsp3) is 0.400. The van der Waals surface area contributed by atoms with Crippen molar-refractivity contribution in [2.75, 3.05) is 23.8 Å². The molecule has 9 nitrogen and oxygen atoms in total. The van der Waals surface area contributed by atoms with Crippen LogP contribution in [0.2, 0.25) is 0 Å². The third-order valence-corrected chi connectivity index (χ3v) is 6.96. The van der Waals surface area contributed by atoms with Gasteiger partial charge in [-0.25, -0.2) is 12.8 Å². The summed E-state index contributed by atoms with van der Waals surface area (Å²) in [5.41, 5.74) is 0.216. The lowest BCUT2D eigenvalue weighted by Crippen LogP contribution is -2.32. The van der Waals surface area contributed by atoms with Gasteiger partial charge in [0.2, 0.25) is 17.6 Å². The summed E-state index contributed by atoms with van der Waals surface area (Å²) in [6.07, 6.45) is 0.837. The molecule has 2 aromatic carbocycles. The molecular weight excluding hydrogens is 485 g/mol. The van der Waals surface area contributed by atoms with Crippen LogP contribution in [-0.4, -0.2) is 38.2 Å². The van der Waals surface area contributed by atoms with Gasteiger partial charge in [0.15, 0.2) is 0 Å². The molecule has 0 radical (unpaired) electrons. The van der Waals surface area contributed by atoms with Crippen LogP contribution in [0.25, 0.3) is 11.4 Å². The fourth-order valence-corrected chi connectivity index (χ4v) is 4.35. The highest BCUT2D eigenvalue weighted by Crippen LogP contribution is 2.25.